The average Bonchev–Trinajstić information content (AvgIpc) is 2.16. The standard InChI is InChI=1S/C8H17P3.Fe/c1-2-11-7-5-9-3-4-10-6-8-11;/h2,9-10H,1,3-8H2;. The normalized spacial score (nSPS) is 29.8. The van der Waals surface area contributed by atoms with E-state index in [4.69, 9.17) is 0 Å². The minimum absolute atomic E-state index is 0. The Morgan fingerprint density at radius 1 is 1.00 bits per heavy atom. The van der Waals surface area contributed by atoms with Crippen LogP contribution in [0.5, 0.6) is 0 Å². The molecular weight excluding hydrogens is 245 g/mol. The first-order valence-electron chi connectivity index (χ1n) is 4.21. The monoisotopic (exact) mass is 262 g/mol. The van der Waals surface area contributed by atoms with Gasteiger partial charge in [0.2, 0.25) is 0 Å². The van der Waals surface area contributed by atoms with Crippen LogP contribution in [-0.4, -0.2) is 37.0 Å². The van der Waals surface area contributed by atoms with Gasteiger partial charge in [-0.15, -0.1) is 17.2 Å². The molecule has 1 rings (SSSR count). The predicted molar refractivity (Wildman–Crippen MR) is 62.9 cm³/mol. The summed E-state index contributed by atoms with van der Waals surface area (Å²) in [5.74, 6) is 2.23. The Hall–Kier alpha value is 1.55. The van der Waals surface area contributed by atoms with Gasteiger partial charge in [0, 0.05) is 17.1 Å². The van der Waals surface area contributed by atoms with Crippen LogP contribution in [0.1, 0.15) is 0 Å². The fourth-order valence-corrected chi connectivity index (χ4v) is 7.23. The van der Waals surface area contributed by atoms with Crippen LogP contribution in [0.2, 0.25) is 0 Å². The van der Waals surface area contributed by atoms with Crippen molar-refractivity contribution in [1.29, 1.82) is 0 Å². The van der Waals surface area contributed by atoms with Crippen molar-refractivity contribution in [3.05, 3.63) is 12.4 Å². The SMILES string of the molecule is C=CP1CCPCCPCC1.[Fe]. The van der Waals surface area contributed by atoms with Crippen LogP contribution in [0.15, 0.2) is 12.4 Å². The second kappa shape index (κ2) is 9.12. The summed E-state index contributed by atoms with van der Waals surface area (Å²) >= 11 is 0. The molecule has 2 atom stereocenters. The smallest absolute Gasteiger partial charge is 0 e. The Morgan fingerprint density at radius 3 is 1.92 bits per heavy atom. The van der Waals surface area contributed by atoms with Crippen molar-refractivity contribution in [2.24, 2.45) is 0 Å². The van der Waals surface area contributed by atoms with Crippen molar-refractivity contribution in [2.45, 2.75) is 0 Å². The molecule has 0 N–H and O–H groups in total. The van der Waals surface area contributed by atoms with E-state index in [-0.39, 0.29) is 25.0 Å². The molecule has 4 heteroatoms. The largest absolute Gasteiger partial charge is 0.121 e. The third-order valence-electron chi connectivity index (χ3n) is 1.89. The second-order valence-corrected chi connectivity index (χ2v) is 8.16. The number of hydrogen-bond donors (Lipinski definition) is 0. The number of hydrogen-bond acceptors (Lipinski definition) is 0. The fraction of sp³-hybridized carbons (Fsp3) is 0.750. The van der Waals surface area contributed by atoms with Gasteiger partial charge in [-0.25, -0.2) is 0 Å². The van der Waals surface area contributed by atoms with E-state index in [9.17, 15) is 0 Å². The Kier molecular flexibility index (Phi) is 10.3. The van der Waals surface area contributed by atoms with Gasteiger partial charge in [-0.1, -0.05) is 20.3 Å². The molecule has 0 saturated carbocycles. The van der Waals surface area contributed by atoms with Gasteiger partial charge >= 0.3 is 0 Å². The maximum atomic E-state index is 3.92. The van der Waals surface area contributed by atoms with E-state index in [0.717, 1.165) is 0 Å². The summed E-state index contributed by atoms with van der Waals surface area (Å²) in [6, 6.07) is 0. The molecule has 1 saturated heterocycles. The predicted octanol–water partition coefficient (Wildman–Crippen LogP) is 2.98. The molecule has 0 aromatic rings. The number of rotatable bonds is 1. The summed E-state index contributed by atoms with van der Waals surface area (Å²) in [6.07, 6.45) is 8.95. The van der Waals surface area contributed by atoms with Crippen molar-refractivity contribution in [2.75, 3.05) is 37.0 Å². The molecule has 0 spiro atoms. The minimum atomic E-state index is 0. The second-order valence-electron chi connectivity index (χ2n) is 2.72. The van der Waals surface area contributed by atoms with Crippen molar-refractivity contribution in [3.8, 4) is 0 Å². The fourth-order valence-electron chi connectivity index (χ4n) is 1.17. The zero-order valence-corrected chi connectivity index (χ0v) is 11.3. The molecule has 0 amide bonds. The van der Waals surface area contributed by atoms with E-state index in [1.54, 1.807) is 0 Å². The molecule has 0 aromatic carbocycles. The topological polar surface area (TPSA) is 0 Å². The van der Waals surface area contributed by atoms with Gasteiger partial charge in [0.05, 0.1) is 0 Å². The average molecular weight is 262 g/mol. The van der Waals surface area contributed by atoms with Crippen molar-refractivity contribution < 1.29 is 17.1 Å². The Balaban J connectivity index is 0.00000121. The van der Waals surface area contributed by atoms with E-state index in [2.05, 4.69) is 12.4 Å². The molecule has 1 aliphatic rings. The Morgan fingerprint density at radius 2 is 1.50 bits per heavy atom. The third-order valence-corrected chi connectivity index (χ3v) is 7.76. The van der Waals surface area contributed by atoms with Crippen molar-refractivity contribution in [1.82, 2.24) is 0 Å². The molecule has 0 bridgehead atoms. The Bertz CT molecular complexity index is 109. The van der Waals surface area contributed by atoms with Crippen LogP contribution in [-0.2, 0) is 17.1 Å². The van der Waals surface area contributed by atoms with Crippen molar-refractivity contribution in [3.63, 3.8) is 0 Å². The zero-order valence-electron chi connectivity index (χ0n) is 7.33. The molecule has 0 aromatic heterocycles. The van der Waals surface area contributed by atoms with Gasteiger partial charge in [0.25, 0.3) is 0 Å². The summed E-state index contributed by atoms with van der Waals surface area (Å²) in [5, 5.41) is 0. The molecule has 1 fully saturated rings. The van der Waals surface area contributed by atoms with Gasteiger partial charge in [-0.2, -0.15) is 0 Å². The van der Waals surface area contributed by atoms with E-state index in [1.807, 2.05) is 0 Å². The van der Waals surface area contributed by atoms with E-state index in [0.29, 0.717) is 0 Å². The summed E-state index contributed by atoms with van der Waals surface area (Å²) in [5.41, 5.74) is 0. The first kappa shape index (κ1) is 13.5. The molecular formula is C8H17FeP3. The molecule has 1 heterocycles. The molecule has 0 nitrogen and oxygen atoms in total. The van der Waals surface area contributed by atoms with Gasteiger partial charge < -0.3 is 0 Å². The van der Waals surface area contributed by atoms with E-state index < -0.39 is 0 Å². The zero-order chi connectivity index (χ0) is 7.94. The van der Waals surface area contributed by atoms with Gasteiger partial charge in [-0.05, 0) is 37.0 Å². The quantitative estimate of drug-likeness (QED) is 0.503. The van der Waals surface area contributed by atoms with Crippen LogP contribution < -0.4 is 0 Å². The minimum Gasteiger partial charge on any atom is -0.121 e. The van der Waals surface area contributed by atoms with E-state index >= 15 is 0 Å². The summed E-state index contributed by atoms with van der Waals surface area (Å²) in [4.78, 5) is 0. The maximum absolute atomic E-state index is 3.92. The first-order valence-corrected chi connectivity index (χ1v) is 8.82. The van der Waals surface area contributed by atoms with Crippen LogP contribution in [0.4, 0.5) is 0 Å². The summed E-state index contributed by atoms with van der Waals surface area (Å²) in [7, 11) is 2.75. The van der Waals surface area contributed by atoms with Crippen LogP contribution in [0.3, 0.4) is 0 Å². The third kappa shape index (κ3) is 6.07. The van der Waals surface area contributed by atoms with Crippen LogP contribution in [0, 0.1) is 0 Å². The molecule has 1 aliphatic heterocycles. The molecule has 72 valence electrons. The molecule has 0 aliphatic carbocycles. The summed E-state index contributed by atoms with van der Waals surface area (Å²) < 4.78 is 0. The molecule has 2 unspecified atom stereocenters. The Labute approximate surface area is 91.5 Å². The van der Waals surface area contributed by atoms with Crippen LogP contribution in [0.25, 0.3) is 0 Å². The van der Waals surface area contributed by atoms with Crippen LogP contribution >= 0.6 is 25.1 Å². The summed E-state index contributed by atoms with van der Waals surface area (Å²) in [6.45, 7) is 3.92. The molecule has 12 heavy (non-hydrogen) atoms. The van der Waals surface area contributed by atoms with E-state index in [1.165, 1.54) is 54.1 Å². The molecule has 0 radical (unpaired) electrons. The van der Waals surface area contributed by atoms with Gasteiger partial charge in [-0.3, -0.25) is 0 Å². The van der Waals surface area contributed by atoms with Gasteiger partial charge in [0.15, 0.2) is 0 Å². The van der Waals surface area contributed by atoms with Crippen molar-refractivity contribution >= 4 is 25.1 Å². The first-order chi connectivity index (χ1) is 5.43. The maximum Gasteiger partial charge on any atom is 0 e. The van der Waals surface area contributed by atoms with Gasteiger partial charge in [0.1, 0.15) is 0 Å².